The maximum absolute atomic E-state index is 14.1. The monoisotopic (exact) mass is 485 g/mol. The van der Waals surface area contributed by atoms with E-state index < -0.39 is 11.9 Å². The zero-order chi connectivity index (χ0) is 25.6. The molecule has 0 heterocycles. The molecule has 1 saturated carbocycles. The molecular formula is C27H36FN3O4. The van der Waals surface area contributed by atoms with E-state index in [0.717, 1.165) is 37.7 Å². The van der Waals surface area contributed by atoms with Crippen LogP contribution < -0.4 is 15.5 Å². The Kier molecular flexibility index (Phi) is 11.9. The highest BCUT2D eigenvalue weighted by atomic mass is 19.1. The minimum absolute atomic E-state index is 0.0195. The minimum atomic E-state index is -0.955. The Bertz CT molecular complexity index is 963. The second-order valence-corrected chi connectivity index (χ2v) is 8.58. The van der Waals surface area contributed by atoms with Gasteiger partial charge in [-0.15, -0.1) is 0 Å². The Labute approximate surface area is 207 Å². The van der Waals surface area contributed by atoms with Crippen molar-refractivity contribution in [2.45, 2.75) is 57.5 Å². The lowest BCUT2D eigenvalue weighted by molar-refractivity contribution is -0.127. The lowest BCUT2D eigenvalue weighted by atomic mass is 9.93. The Morgan fingerprint density at radius 2 is 1.80 bits per heavy atom. The van der Waals surface area contributed by atoms with Gasteiger partial charge in [-0.2, -0.15) is 0 Å². The molecule has 0 spiro atoms. The van der Waals surface area contributed by atoms with E-state index in [1.165, 1.54) is 23.1 Å². The third kappa shape index (κ3) is 8.47. The molecule has 3 rings (SSSR count). The Morgan fingerprint density at radius 3 is 2.43 bits per heavy atom. The van der Waals surface area contributed by atoms with E-state index in [1.54, 1.807) is 20.3 Å². The van der Waals surface area contributed by atoms with Gasteiger partial charge in [0.25, 0.3) is 0 Å². The zero-order valence-electron chi connectivity index (χ0n) is 20.8. The van der Waals surface area contributed by atoms with Crippen molar-refractivity contribution in [2.24, 2.45) is 0 Å². The van der Waals surface area contributed by atoms with Crippen LogP contribution in [0.3, 0.4) is 0 Å². The van der Waals surface area contributed by atoms with Crippen LogP contribution >= 0.6 is 0 Å². The number of benzene rings is 2. The average Bonchev–Trinajstić information content (AvgIpc) is 2.84. The zero-order valence-corrected chi connectivity index (χ0v) is 20.8. The van der Waals surface area contributed by atoms with E-state index in [2.05, 4.69) is 15.4 Å². The summed E-state index contributed by atoms with van der Waals surface area (Å²) < 4.78 is 18.4. The molecule has 7 nitrogen and oxygen atoms in total. The lowest BCUT2D eigenvalue weighted by Gasteiger charge is -2.34. The molecule has 1 atom stereocenters. The van der Waals surface area contributed by atoms with Gasteiger partial charge in [0.2, 0.25) is 18.2 Å². The molecule has 0 bridgehead atoms. The van der Waals surface area contributed by atoms with Gasteiger partial charge in [0.15, 0.2) is 0 Å². The first kappa shape index (κ1) is 28.0. The van der Waals surface area contributed by atoms with Crippen molar-refractivity contribution >= 4 is 23.9 Å². The highest BCUT2D eigenvalue weighted by Gasteiger charge is 2.34. The fourth-order valence-corrected chi connectivity index (χ4v) is 4.24. The molecule has 2 aromatic carbocycles. The summed E-state index contributed by atoms with van der Waals surface area (Å²) in [5, 5.41) is 5.61. The van der Waals surface area contributed by atoms with Crippen LogP contribution in [0.5, 0.6) is 0 Å². The molecule has 0 radical (unpaired) electrons. The molecule has 8 heteroatoms. The quantitative estimate of drug-likeness (QED) is 0.414. The van der Waals surface area contributed by atoms with Gasteiger partial charge in [0.05, 0.1) is 0 Å². The molecule has 0 aliphatic heterocycles. The van der Waals surface area contributed by atoms with Crippen LogP contribution in [-0.4, -0.2) is 45.0 Å². The predicted molar refractivity (Wildman–Crippen MR) is 134 cm³/mol. The summed E-state index contributed by atoms with van der Waals surface area (Å²) in [6.45, 7) is 2.01. The molecule has 3 amide bonds. The van der Waals surface area contributed by atoms with Crippen molar-refractivity contribution in [3.63, 3.8) is 0 Å². The average molecular weight is 486 g/mol. The maximum atomic E-state index is 14.1. The summed E-state index contributed by atoms with van der Waals surface area (Å²) >= 11 is 0. The van der Waals surface area contributed by atoms with Crippen molar-refractivity contribution in [1.29, 1.82) is 0 Å². The first-order valence-electron chi connectivity index (χ1n) is 11.9. The minimum Gasteiger partial charge on any atom is -0.388 e. The van der Waals surface area contributed by atoms with Crippen LogP contribution in [-0.2, 0) is 19.1 Å². The van der Waals surface area contributed by atoms with Gasteiger partial charge < -0.3 is 15.4 Å². The molecule has 35 heavy (non-hydrogen) atoms. The molecule has 1 aliphatic rings. The van der Waals surface area contributed by atoms with Gasteiger partial charge in [-0.25, -0.2) is 4.39 Å². The smallest absolute Gasteiger partial charge is 0.248 e. The van der Waals surface area contributed by atoms with Crippen molar-refractivity contribution in [1.82, 2.24) is 10.6 Å². The molecule has 0 saturated heterocycles. The van der Waals surface area contributed by atoms with Gasteiger partial charge in [-0.3, -0.25) is 19.3 Å². The summed E-state index contributed by atoms with van der Waals surface area (Å²) in [4.78, 5) is 39.0. The van der Waals surface area contributed by atoms with E-state index in [-0.39, 0.29) is 30.8 Å². The molecule has 0 aromatic heterocycles. The van der Waals surface area contributed by atoms with Gasteiger partial charge in [0, 0.05) is 38.9 Å². The van der Waals surface area contributed by atoms with E-state index in [0.29, 0.717) is 17.7 Å². The van der Waals surface area contributed by atoms with Gasteiger partial charge in [-0.1, -0.05) is 49.6 Å². The number of carbonyl (C=O) groups is 3. The fraction of sp³-hybridized carbons (Fsp3) is 0.444. The summed E-state index contributed by atoms with van der Waals surface area (Å²) in [5.74, 6) is -1.16. The number of nitrogens with one attached hydrogen (secondary N) is 2. The predicted octanol–water partition coefficient (Wildman–Crippen LogP) is 4.06. The molecule has 2 aromatic rings. The van der Waals surface area contributed by atoms with E-state index in [1.807, 2.05) is 31.2 Å². The first-order chi connectivity index (χ1) is 16.9. The number of ether oxygens (including phenoxy) is 1. The lowest BCUT2D eigenvalue weighted by Crippen LogP contribution is -2.48. The second kappa shape index (κ2) is 14.9. The van der Waals surface area contributed by atoms with Crippen molar-refractivity contribution in [3.8, 4) is 0 Å². The number of carbonyl (C=O) groups excluding carboxylic acids is 3. The number of nitrogens with zero attached hydrogens (tertiary/aromatic N) is 1. The molecule has 190 valence electrons. The highest BCUT2D eigenvalue weighted by Crippen LogP contribution is 2.31. The number of halogens is 1. The number of amides is 3. The molecule has 1 aliphatic carbocycles. The van der Waals surface area contributed by atoms with Crippen LogP contribution in [0.4, 0.5) is 10.1 Å². The standard InChI is InChI=1S/C25H30FN3O3.C2H6O/c1-18-8-5-6-13-22(18)24(25(32)28-20-10-3-2-4-11-20)29(23(31)14-15-27-17-30)21-12-7-9-19(26)16-21;1-3-2/h5-9,12-13,16-17,20,24H,2-4,10-11,14-15H2,1H3,(H,27,30)(H,28,32);1-2H3. The largest absolute Gasteiger partial charge is 0.388 e. The van der Waals surface area contributed by atoms with Crippen LogP contribution in [0.25, 0.3) is 0 Å². The summed E-state index contributed by atoms with van der Waals surface area (Å²) in [5.41, 5.74) is 1.84. The number of methoxy groups -OCH3 is 1. The Morgan fingerprint density at radius 1 is 1.11 bits per heavy atom. The summed E-state index contributed by atoms with van der Waals surface area (Å²) in [6.07, 6.45) is 5.59. The van der Waals surface area contributed by atoms with Crippen LogP contribution in [0.2, 0.25) is 0 Å². The summed E-state index contributed by atoms with van der Waals surface area (Å²) in [6, 6.07) is 12.2. The number of hydrogen-bond acceptors (Lipinski definition) is 4. The molecule has 1 unspecified atom stereocenters. The Balaban J connectivity index is 0.00000137. The van der Waals surface area contributed by atoms with Crippen molar-refractivity contribution in [3.05, 3.63) is 65.5 Å². The SMILES string of the molecule is COC.Cc1ccccc1C(C(=O)NC1CCCCC1)N(C(=O)CCNC=O)c1cccc(F)c1. The highest BCUT2D eigenvalue weighted by molar-refractivity contribution is 6.01. The fourth-order valence-electron chi connectivity index (χ4n) is 4.24. The van der Waals surface area contributed by atoms with Crippen molar-refractivity contribution < 1.29 is 23.5 Å². The maximum Gasteiger partial charge on any atom is 0.248 e. The normalized spacial score (nSPS) is 14.2. The van der Waals surface area contributed by atoms with E-state index in [9.17, 15) is 18.8 Å². The number of aryl methyl sites for hydroxylation is 1. The van der Waals surface area contributed by atoms with Crippen LogP contribution in [0, 0.1) is 12.7 Å². The third-order valence-electron chi connectivity index (χ3n) is 5.86. The number of rotatable bonds is 9. The summed E-state index contributed by atoms with van der Waals surface area (Å²) in [7, 11) is 3.25. The Hall–Kier alpha value is -3.26. The van der Waals surface area contributed by atoms with E-state index >= 15 is 0 Å². The third-order valence-corrected chi connectivity index (χ3v) is 5.86. The topological polar surface area (TPSA) is 87.7 Å². The second-order valence-electron chi connectivity index (χ2n) is 8.58. The molecular weight excluding hydrogens is 449 g/mol. The molecule has 2 N–H and O–H groups in total. The van der Waals surface area contributed by atoms with Gasteiger partial charge in [-0.05, 0) is 49.1 Å². The number of hydrogen-bond donors (Lipinski definition) is 2. The van der Waals surface area contributed by atoms with E-state index in [4.69, 9.17) is 0 Å². The molecule has 1 fully saturated rings. The van der Waals surface area contributed by atoms with Crippen LogP contribution in [0.15, 0.2) is 48.5 Å². The van der Waals surface area contributed by atoms with Gasteiger partial charge >= 0.3 is 0 Å². The van der Waals surface area contributed by atoms with Crippen molar-refractivity contribution in [2.75, 3.05) is 25.7 Å². The van der Waals surface area contributed by atoms with Crippen LogP contribution in [0.1, 0.15) is 55.7 Å². The first-order valence-corrected chi connectivity index (χ1v) is 11.9. The number of anilines is 1. The van der Waals surface area contributed by atoms with Gasteiger partial charge in [0.1, 0.15) is 11.9 Å².